The maximum absolute atomic E-state index is 12.3. The minimum absolute atomic E-state index is 0.133. The number of hydrogen-bond acceptors (Lipinski definition) is 6. The molecule has 9 heteroatoms. The predicted octanol–water partition coefficient (Wildman–Crippen LogP) is 1.03. The molecule has 0 aliphatic rings. The van der Waals surface area contributed by atoms with Crippen LogP contribution in [-0.2, 0) is 6.42 Å². The number of nitrogens with one attached hydrogen (secondary N) is 2. The molecular formula is C15H16N6O3. The van der Waals surface area contributed by atoms with Crippen LogP contribution >= 0.6 is 0 Å². The number of anilines is 1. The third-order valence-corrected chi connectivity index (χ3v) is 3.33. The number of hydrogen-bond donors (Lipinski definition) is 2. The Kier molecular flexibility index (Phi) is 4.23. The fourth-order valence-electron chi connectivity index (χ4n) is 2.21. The Hall–Kier alpha value is -3.23. The van der Waals surface area contributed by atoms with E-state index in [0.29, 0.717) is 23.6 Å². The van der Waals surface area contributed by atoms with Gasteiger partial charge >= 0.3 is 0 Å². The lowest BCUT2D eigenvalue weighted by Crippen LogP contribution is -2.16. The Balaban J connectivity index is 1.88. The first-order valence-corrected chi connectivity index (χ1v) is 7.41. The molecule has 0 unspecified atom stereocenters. The molecule has 0 aliphatic heterocycles. The summed E-state index contributed by atoms with van der Waals surface area (Å²) in [5.74, 6) is 0.272. The SMILES string of the molecule is CCCc1cc(=O)n2[nH]c(NC(=O)c3ccnc(OC)c3)nc2n1. The first kappa shape index (κ1) is 15.7. The molecular weight excluding hydrogens is 312 g/mol. The van der Waals surface area contributed by atoms with Crippen LogP contribution in [0, 0.1) is 0 Å². The summed E-state index contributed by atoms with van der Waals surface area (Å²) in [6, 6.07) is 4.50. The minimum atomic E-state index is -0.406. The Bertz CT molecular complexity index is 946. The molecule has 0 fully saturated rings. The summed E-state index contributed by atoms with van der Waals surface area (Å²) in [6.07, 6.45) is 3.03. The number of aromatic amines is 1. The van der Waals surface area contributed by atoms with Gasteiger partial charge in [-0.2, -0.15) is 9.50 Å². The second kappa shape index (κ2) is 6.49. The highest BCUT2D eigenvalue weighted by molar-refractivity contribution is 6.03. The number of aryl methyl sites for hydroxylation is 1. The first-order chi connectivity index (χ1) is 11.6. The molecule has 3 heterocycles. The van der Waals surface area contributed by atoms with Gasteiger partial charge in [0.25, 0.3) is 17.2 Å². The maximum Gasteiger partial charge on any atom is 0.274 e. The van der Waals surface area contributed by atoms with Crippen molar-refractivity contribution in [2.45, 2.75) is 19.8 Å². The van der Waals surface area contributed by atoms with Crippen LogP contribution in [0.2, 0.25) is 0 Å². The van der Waals surface area contributed by atoms with Crippen LogP contribution in [0.3, 0.4) is 0 Å². The van der Waals surface area contributed by atoms with Crippen molar-refractivity contribution in [1.29, 1.82) is 0 Å². The van der Waals surface area contributed by atoms with Crippen molar-refractivity contribution in [3.8, 4) is 5.88 Å². The van der Waals surface area contributed by atoms with Crippen molar-refractivity contribution in [2.75, 3.05) is 12.4 Å². The number of methoxy groups -OCH3 is 1. The Morgan fingerprint density at radius 3 is 2.96 bits per heavy atom. The van der Waals surface area contributed by atoms with E-state index >= 15 is 0 Å². The zero-order chi connectivity index (χ0) is 17.1. The molecule has 3 rings (SSSR count). The van der Waals surface area contributed by atoms with E-state index < -0.39 is 5.91 Å². The topological polar surface area (TPSA) is 114 Å². The average Bonchev–Trinajstić information content (AvgIpc) is 2.98. The largest absolute Gasteiger partial charge is 0.481 e. The van der Waals surface area contributed by atoms with E-state index in [0.717, 1.165) is 6.42 Å². The smallest absolute Gasteiger partial charge is 0.274 e. The quantitative estimate of drug-likeness (QED) is 0.723. The van der Waals surface area contributed by atoms with Crippen molar-refractivity contribution in [1.82, 2.24) is 24.6 Å². The summed E-state index contributed by atoms with van der Waals surface area (Å²) in [6.45, 7) is 2.00. The van der Waals surface area contributed by atoms with Crippen LogP contribution in [0.25, 0.3) is 5.78 Å². The number of pyridine rings is 1. The molecule has 2 N–H and O–H groups in total. The van der Waals surface area contributed by atoms with Crippen molar-refractivity contribution >= 4 is 17.6 Å². The van der Waals surface area contributed by atoms with Gasteiger partial charge in [0.05, 0.1) is 12.8 Å². The minimum Gasteiger partial charge on any atom is -0.481 e. The maximum atomic E-state index is 12.3. The number of carbonyl (C=O) groups is 1. The molecule has 0 saturated heterocycles. The molecule has 24 heavy (non-hydrogen) atoms. The highest BCUT2D eigenvalue weighted by atomic mass is 16.5. The molecule has 0 aromatic carbocycles. The van der Waals surface area contributed by atoms with E-state index in [2.05, 4.69) is 25.4 Å². The average molecular weight is 328 g/mol. The van der Waals surface area contributed by atoms with E-state index in [1.54, 1.807) is 6.07 Å². The fraction of sp³-hybridized carbons (Fsp3) is 0.267. The molecule has 0 radical (unpaired) electrons. The normalized spacial score (nSPS) is 10.8. The molecule has 0 spiro atoms. The fourth-order valence-corrected chi connectivity index (χ4v) is 2.21. The molecule has 3 aromatic rings. The summed E-state index contributed by atoms with van der Waals surface area (Å²) in [4.78, 5) is 36.7. The Morgan fingerprint density at radius 2 is 2.21 bits per heavy atom. The lowest BCUT2D eigenvalue weighted by atomic mass is 10.2. The summed E-state index contributed by atoms with van der Waals surface area (Å²) >= 11 is 0. The number of carbonyl (C=O) groups excluding carboxylic acids is 1. The molecule has 0 saturated carbocycles. The van der Waals surface area contributed by atoms with Crippen molar-refractivity contribution in [3.63, 3.8) is 0 Å². The number of nitrogens with zero attached hydrogens (tertiary/aromatic N) is 4. The number of amides is 1. The lowest BCUT2D eigenvalue weighted by Gasteiger charge is -2.03. The van der Waals surface area contributed by atoms with Crippen LogP contribution < -0.4 is 15.6 Å². The van der Waals surface area contributed by atoms with Crippen LogP contribution in [0.15, 0.2) is 29.2 Å². The van der Waals surface area contributed by atoms with Crippen LogP contribution in [0.1, 0.15) is 29.4 Å². The van der Waals surface area contributed by atoms with Gasteiger partial charge in [0, 0.05) is 23.9 Å². The Morgan fingerprint density at radius 1 is 1.38 bits per heavy atom. The Labute approximate surface area is 136 Å². The van der Waals surface area contributed by atoms with Crippen molar-refractivity contribution < 1.29 is 9.53 Å². The number of ether oxygens (including phenoxy) is 1. The van der Waals surface area contributed by atoms with Gasteiger partial charge in [-0.25, -0.2) is 9.97 Å². The number of rotatable bonds is 5. The number of H-pyrrole nitrogens is 1. The zero-order valence-electron chi connectivity index (χ0n) is 13.2. The molecule has 0 atom stereocenters. The van der Waals surface area contributed by atoms with Gasteiger partial charge < -0.3 is 4.74 Å². The van der Waals surface area contributed by atoms with Gasteiger partial charge in [-0.15, -0.1) is 0 Å². The van der Waals surface area contributed by atoms with E-state index in [-0.39, 0.29) is 17.3 Å². The van der Waals surface area contributed by atoms with Gasteiger partial charge in [-0.1, -0.05) is 13.3 Å². The van der Waals surface area contributed by atoms with E-state index in [1.165, 1.54) is 30.0 Å². The molecule has 3 aromatic heterocycles. The first-order valence-electron chi connectivity index (χ1n) is 7.41. The second-order valence-corrected chi connectivity index (χ2v) is 5.08. The number of fused-ring (bicyclic) bond motifs is 1. The summed E-state index contributed by atoms with van der Waals surface area (Å²) < 4.78 is 6.17. The third-order valence-electron chi connectivity index (χ3n) is 3.33. The second-order valence-electron chi connectivity index (χ2n) is 5.08. The summed E-state index contributed by atoms with van der Waals surface area (Å²) in [5, 5.41) is 5.30. The van der Waals surface area contributed by atoms with E-state index in [4.69, 9.17) is 4.74 Å². The third kappa shape index (κ3) is 3.09. The monoisotopic (exact) mass is 328 g/mol. The van der Waals surface area contributed by atoms with Crippen LogP contribution in [-0.4, -0.2) is 37.6 Å². The van der Waals surface area contributed by atoms with Gasteiger partial charge in [-0.3, -0.25) is 20.0 Å². The van der Waals surface area contributed by atoms with Crippen LogP contribution in [0.4, 0.5) is 5.95 Å². The summed E-state index contributed by atoms with van der Waals surface area (Å²) in [5.41, 5.74) is 0.752. The zero-order valence-corrected chi connectivity index (χ0v) is 13.2. The molecule has 0 aliphatic carbocycles. The van der Waals surface area contributed by atoms with Gasteiger partial charge in [-0.05, 0) is 12.5 Å². The van der Waals surface area contributed by atoms with E-state index in [1.807, 2.05) is 6.92 Å². The molecule has 1 amide bonds. The van der Waals surface area contributed by atoms with Gasteiger partial charge in [0.15, 0.2) is 0 Å². The van der Waals surface area contributed by atoms with Crippen LogP contribution in [0.5, 0.6) is 5.88 Å². The number of aromatic nitrogens is 5. The van der Waals surface area contributed by atoms with Gasteiger partial charge in [0.1, 0.15) is 0 Å². The van der Waals surface area contributed by atoms with Gasteiger partial charge in [0.2, 0.25) is 11.8 Å². The van der Waals surface area contributed by atoms with Crippen molar-refractivity contribution in [3.05, 3.63) is 46.0 Å². The highest BCUT2D eigenvalue weighted by Gasteiger charge is 2.12. The summed E-state index contributed by atoms with van der Waals surface area (Å²) in [7, 11) is 1.47. The lowest BCUT2D eigenvalue weighted by molar-refractivity contribution is 0.102. The molecule has 9 nitrogen and oxygen atoms in total. The van der Waals surface area contributed by atoms with E-state index in [9.17, 15) is 9.59 Å². The van der Waals surface area contributed by atoms with Crippen molar-refractivity contribution in [2.24, 2.45) is 0 Å². The molecule has 124 valence electrons. The molecule has 0 bridgehead atoms. The highest BCUT2D eigenvalue weighted by Crippen LogP contribution is 2.11. The predicted molar refractivity (Wildman–Crippen MR) is 86.3 cm³/mol. The standard InChI is InChI=1S/C15H16N6O3/c1-3-4-10-8-12(22)21-15(17-10)19-14(20-21)18-13(23)9-5-6-16-11(7-9)24-2/h5-8H,3-4H2,1-2H3,(H2,17,18,19,20,23).